The van der Waals surface area contributed by atoms with Gasteiger partial charge < -0.3 is 9.84 Å². The summed E-state index contributed by atoms with van der Waals surface area (Å²) in [6, 6.07) is 3.21. The van der Waals surface area contributed by atoms with Crippen molar-refractivity contribution in [1.29, 1.82) is 0 Å². The molecule has 0 unspecified atom stereocenters. The number of pyridine rings is 1. The SMILES string of the molecule is Cc1ccc(C(=O)O)nc1OCC1CC1. The first-order valence-electron chi connectivity index (χ1n) is 5.00. The van der Waals surface area contributed by atoms with Crippen LogP contribution in [0.4, 0.5) is 0 Å². The predicted molar refractivity (Wildman–Crippen MR) is 54.2 cm³/mol. The Balaban J connectivity index is 2.12. The quantitative estimate of drug-likeness (QED) is 0.818. The molecule has 0 radical (unpaired) electrons. The lowest BCUT2D eigenvalue weighted by Crippen LogP contribution is -2.06. The zero-order valence-corrected chi connectivity index (χ0v) is 8.56. The van der Waals surface area contributed by atoms with Crippen molar-refractivity contribution in [3.05, 3.63) is 23.4 Å². The van der Waals surface area contributed by atoms with Gasteiger partial charge in [0.15, 0.2) is 5.69 Å². The number of hydrogen-bond acceptors (Lipinski definition) is 3. The van der Waals surface area contributed by atoms with Crippen LogP contribution in [0.3, 0.4) is 0 Å². The molecule has 80 valence electrons. The van der Waals surface area contributed by atoms with Gasteiger partial charge in [-0.1, -0.05) is 6.07 Å². The Morgan fingerprint density at radius 2 is 2.33 bits per heavy atom. The lowest BCUT2D eigenvalue weighted by Gasteiger charge is -2.07. The van der Waals surface area contributed by atoms with Gasteiger partial charge in [-0.05, 0) is 31.7 Å². The largest absolute Gasteiger partial charge is 0.477 e. The molecule has 1 heterocycles. The van der Waals surface area contributed by atoms with E-state index < -0.39 is 5.97 Å². The second kappa shape index (κ2) is 3.88. The van der Waals surface area contributed by atoms with E-state index in [4.69, 9.17) is 9.84 Å². The van der Waals surface area contributed by atoms with Crippen LogP contribution in [0.1, 0.15) is 28.9 Å². The molecule has 1 aliphatic rings. The standard InChI is InChI=1S/C11H13NO3/c1-7-2-5-9(11(13)14)12-10(7)15-6-8-3-4-8/h2,5,8H,3-4,6H2,1H3,(H,13,14). The maximum absolute atomic E-state index is 10.7. The zero-order chi connectivity index (χ0) is 10.8. The van der Waals surface area contributed by atoms with Crippen LogP contribution in [0.15, 0.2) is 12.1 Å². The van der Waals surface area contributed by atoms with Crippen molar-refractivity contribution in [2.24, 2.45) is 5.92 Å². The molecule has 1 aliphatic carbocycles. The Hall–Kier alpha value is -1.58. The molecule has 2 rings (SSSR count). The Bertz CT molecular complexity index is 385. The molecule has 0 spiro atoms. The van der Waals surface area contributed by atoms with E-state index in [1.807, 2.05) is 6.92 Å². The average molecular weight is 207 g/mol. The Labute approximate surface area is 87.9 Å². The fourth-order valence-electron chi connectivity index (χ4n) is 1.26. The molecule has 0 amide bonds. The fourth-order valence-corrected chi connectivity index (χ4v) is 1.26. The summed E-state index contributed by atoms with van der Waals surface area (Å²) >= 11 is 0. The molecule has 0 aliphatic heterocycles. The van der Waals surface area contributed by atoms with Crippen LogP contribution >= 0.6 is 0 Å². The number of carbonyl (C=O) groups is 1. The minimum Gasteiger partial charge on any atom is -0.477 e. The maximum Gasteiger partial charge on any atom is 0.354 e. The monoisotopic (exact) mass is 207 g/mol. The van der Waals surface area contributed by atoms with E-state index in [9.17, 15) is 4.79 Å². The van der Waals surface area contributed by atoms with E-state index in [0.717, 1.165) is 5.56 Å². The second-order valence-corrected chi connectivity index (χ2v) is 3.88. The van der Waals surface area contributed by atoms with E-state index in [1.165, 1.54) is 18.9 Å². The Morgan fingerprint density at radius 1 is 1.60 bits per heavy atom. The second-order valence-electron chi connectivity index (χ2n) is 3.88. The molecule has 0 bridgehead atoms. The minimum absolute atomic E-state index is 0.0337. The van der Waals surface area contributed by atoms with Crippen LogP contribution in [0.5, 0.6) is 5.88 Å². The van der Waals surface area contributed by atoms with Crippen molar-refractivity contribution in [2.45, 2.75) is 19.8 Å². The number of ether oxygens (including phenoxy) is 1. The number of aromatic carboxylic acids is 1. The van der Waals surface area contributed by atoms with E-state index in [0.29, 0.717) is 18.4 Å². The van der Waals surface area contributed by atoms with Crippen molar-refractivity contribution in [2.75, 3.05) is 6.61 Å². The van der Waals surface area contributed by atoms with Gasteiger partial charge in [0.25, 0.3) is 0 Å². The first kappa shape index (κ1) is 9.96. The third-order valence-corrected chi connectivity index (χ3v) is 2.42. The molecule has 4 heteroatoms. The van der Waals surface area contributed by atoms with Gasteiger partial charge in [0.05, 0.1) is 6.61 Å². The minimum atomic E-state index is -1.02. The van der Waals surface area contributed by atoms with E-state index in [-0.39, 0.29) is 5.69 Å². The first-order valence-corrected chi connectivity index (χ1v) is 5.00. The van der Waals surface area contributed by atoms with Gasteiger partial charge >= 0.3 is 5.97 Å². The molecule has 0 saturated heterocycles. The van der Waals surface area contributed by atoms with Crippen LogP contribution in [0, 0.1) is 12.8 Å². The number of nitrogens with zero attached hydrogens (tertiary/aromatic N) is 1. The van der Waals surface area contributed by atoms with Gasteiger partial charge in [-0.15, -0.1) is 0 Å². The first-order chi connectivity index (χ1) is 7.16. The van der Waals surface area contributed by atoms with Gasteiger partial charge in [-0.3, -0.25) is 0 Å². The average Bonchev–Trinajstić information content (AvgIpc) is 3.00. The lowest BCUT2D eigenvalue weighted by molar-refractivity contribution is 0.0689. The highest BCUT2D eigenvalue weighted by Gasteiger charge is 2.22. The van der Waals surface area contributed by atoms with Gasteiger partial charge in [0.1, 0.15) is 0 Å². The Morgan fingerprint density at radius 3 is 2.93 bits per heavy atom. The topological polar surface area (TPSA) is 59.4 Å². The fraction of sp³-hybridized carbons (Fsp3) is 0.455. The normalized spacial score (nSPS) is 15.0. The van der Waals surface area contributed by atoms with Gasteiger partial charge in [0.2, 0.25) is 5.88 Å². The molecule has 4 nitrogen and oxygen atoms in total. The highest BCUT2D eigenvalue weighted by molar-refractivity contribution is 5.85. The van der Waals surface area contributed by atoms with Gasteiger partial charge in [-0.25, -0.2) is 9.78 Å². The molecule has 1 aromatic heterocycles. The number of aromatic nitrogens is 1. The molecular formula is C11H13NO3. The summed E-state index contributed by atoms with van der Waals surface area (Å²) in [4.78, 5) is 14.6. The van der Waals surface area contributed by atoms with Crippen molar-refractivity contribution < 1.29 is 14.6 Å². The van der Waals surface area contributed by atoms with Crippen LogP contribution < -0.4 is 4.74 Å². The molecule has 15 heavy (non-hydrogen) atoms. The molecule has 1 fully saturated rings. The highest BCUT2D eigenvalue weighted by atomic mass is 16.5. The van der Waals surface area contributed by atoms with Crippen LogP contribution in [0.2, 0.25) is 0 Å². The third-order valence-electron chi connectivity index (χ3n) is 2.42. The summed E-state index contributed by atoms with van der Waals surface area (Å²) in [7, 11) is 0. The molecule has 0 atom stereocenters. The maximum atomic E-state index is 10.7. The van der Waals surface area contributed by atoms with Crippen molar-refractivity contribution in [3.8, 4) is 5.88 Å². The third kappa shape index (κ3) is 2.46. The van der Waals surface area contributed by atoms with E-state index in [1.54, 1.807) is 6.07 Å². The van der Waals surface area contributed by atoms with E-state index >= 15 is 0 Å². The predicted octanol–water partition coefficient (Wildman–Crippen LogP) is 1.88. The van der Waals surface area contributed by atoms with E-state index in [2.05, 4.69) is 4.98 Å². The summed E-state index contributed by atoms with van der Waals surface area (Å²) in [5.74, 6) is 0.0627. The van der Waals surface area contributed by atoms with Crippen molar-refractivity contribution in [1.82, 2.24) is 4.98 Å². The van der Waals surface area contributed by atoms with Crippen LogP contribution in [-0.2, 0) is 0 Å². The molecule has 1 saturated carbocycles. The van der Waals surface area contributed by atoms with Crippen LogP contribution in [-0.4, -0.2) is 22.7 Å². The van der Waals surface area contributed by atoms with Gasteiger partial charge in [0, 0.05) is 5.56 Å². The number of aryl methyl sites for hydroxylation is 1. The smallest absolute Gasteiger partial charge is 0.354 e. The van der Waals surface area contributed by atoms with Crippen molar-refractivity contribution in [3.63, 3.8) is 0 Å². The lowest BCUT2D eigenvalue weighted by atomic mass is 10.2. The summed E-state index contributed by atoms with van der Waals surface area (Å²) < 4.78 is 5.48. The number of rotatable bonds is 4. The summed E-state index contributed by atoms with van der Waals surface area (Å²) in [6.45, 7) is 2.51. The zero-order valence-electron chi connectivity index (χ0n) is 8.56. The summed E-state index contributed by atoms with van der Waals surface area (Å²) in [6.07, 6.45) is 2.41. The molecule has 1 N–H and O–H groups in total. The molecular weight excluding hydrogens is 194 g/mol. The van der Waals surface area contributed by atoms with Crippen LogP contribution in [0.25, 0.3) is 0 Å². The number of carboxylic acids is 1. The van der Waals surface area contributed by atoms with Gasteiger partial charge in [-0.2, -0.15) is 0 Å². The highest BCUT2D eigenvalue weighted by Crippen LogP contribution is 2.29. The Kier molecular flexibility index (Phi) is 2.58. The van der Waals surface area contributed by atoms with Crippen molar-refractivity contribution >= 4 is 5.97 Å². The number of carboxylic acid groups (broad SMARTS) is 1. The molecule has 0 aromatic carbocycles. The summed E-state index contributed by atoms with van der Waals surface area (Å²) in [5.41, 5.74) is 0.909. The number of hydrogen-bond donors (Lipinski definition) is 1. The molecule has 1 aromatic rings. The summed E-state index contributed by atoms with van der Waals surface area (Å²) in [5, 5.41) is 8.77.